The van der Waals surface area contributed by atoms with Gasteiger partial charge in [0.25, 0.3) is 0 Å². The summed E-state index contributed by atoms with van der Waals surface area (Å²) in [6.07, 6.45) is 6.24. The number of sulfone groups is 1. The van der Waals surface area contributed by atoms with E-state index in [2.05, 4.69) is 25.1 Å². The number of nitrogens with one attached hydrogen (secondary N) is 1. The van der Waals surface area contributed by atoms with E-state index < -0.39 is 15.9 Å². The number of aromatic nitrogens is 5. The molecule has 0 aliphatic rings. The van der Waals surface area contributed by atoms with Gasteiger partial charge in [-0.05, 0) is 48.0 Å². The van der Waals surface area contributed by atoms with Crippen LogP contribution < -0.4 is 5.73 Å². The van der Waals surface area contributed by atoms with Crippen molar-refractivity contribution in [3.8, 4) is 22.8 Å². The first kappa shape index (κ1) is 18.9. The first-order chi connectivity index (χ1) is 13.9. The summed E-state index contributed by atoms with van der Waals surface area (Å²) in [5, 5.41) is 8.43. The Bertz CT molecular complexity index is 1240. The standard InChI is InChI=1S/C20H18N6O2S/c1-29(27,28)15-8-6-13(7-9-15)19-24-20(26-25-19)16-5-3-11-23-18(16)17(21)14-4-2-10-22-12-14/h2-12,17H,21H2,1H3,(H,24,25,26). The second-order valence-electron chi connectivity index (χ2n) is 6.52. The number of hydrogen-bond donors (Lipinski definition) is 2. The minimum Gasteiger partial charge on any atom is -0.321 e. The van der Waals surface area contributed by atoms with Gasteiger partial charge < -0.3 is 10.7 Å². The Kier molecular flexibility index (Phi) is 4.91. The lowest BCUT2D eigenvalue weighted by Crippen LogP contribution is -2.15. The average Bonchev–Trinajstić information content (AvgIpc) is 3.23. The third-order valence-electron chi connectivity index (χ3n) is 4.47. The van der Waals surface area contributed by atoms with Crippen LogP contribution in [0.5, 0.6) is 0 Å². The van der Waals surface area contributed by atoms with E-state index in [1.54, 1.807) is 48.9 Å². The van der Waals surface area contributed by atoms with Crippen molar-refractivity contribution < 1.29 is 8.42 Å². The zero-order valence-electron chi connectivity index (χ0n) is 15.5. The zero-order chi connectivity index (χ0) is 20.4. The van der Waals surface area contributed by atoms with Crippen molar-refractivity contribution in [2.24, 2.45) is 5.73 Å². The zero-order valence-corrected chi connectivity index (χ0v) is 16.3. The van der Waals surface area contributed by atoms with E-state index in [1.165, 1.54) is 6.26 Å². The fraction of sp³-hybridized carbons (Fsp3) is 0.100. The third-order valence-corrected chi connectivity index (χ3v) is 5.60. The highest BCUT2D eigenvalue weighted by Gasteiger charge is 2.19. The molecule has 0 aliphatic heterocycles. The molecule has 0 amide bonds. The maximum atomic E-state index is 11.6. The van der Waals surface area contributed by atoms with Crippen molar-refractivity contribution in [1.29, 1.82) is 0 Å². The lowest BCUT2D eigenvalue weighted by molar-refractivity contribution is 0.602. The summed E-state index contributed by atoms with van der Waals surface area (Å²) >= 11 is 0. The highest BCUT2D eigenvalue weighted by Crippen LogP contribution is 2.28. The molecule has 3 heterocycles. The molecule has 0 spiro atoms. The highest BCUT2D eigenvalue weighted by molar-refractivity contribution is 7.90. The van der Waals surface area contributed by atoms with Gasteiger partial charge in [0.15, 0.2) is 21.5 Å². The van der Waals surface area contributed by atoms with Crippen LogP contribution in [0.15, 0.2) is 72.0 Å². The molecule has 0 radical (unpaired) electrons. The van der Waals surface area contributed by atoms with Gasteiger partial charge in [-0.25, -0.2) is 8.42 Å². The first-order valence-corrected chi connectivity index (χ1v) is 10.7. The number of pyridine rings is 2. The van der Waals surface area contributed by atoms with Gasteiger partial charge in [0.1, 0.15) is 0 Å². The largest absolute Gasteiger partial charge is 0.321 e. The molecule has 146 valence electrons. The maximum absolute atomic E-state index is 11.6. The lowest BCUT2D eigenvalue weighted by Gasteiger charge is -2.14. The van der Waals surface area contributed by atoms with E-state index in [1.807, 2.05) is 18.2 Å². The van der Waals surface area contributed by atoms with Crippen LogP contribution in [-0.2, 0) is 9.84 Å². The fourth-order valence-corrected chi connectivity index (χ4v) is 3.59. The minimum absolute atomic E-state index is 0.248. The van der Waals surface area contributed by atoms with Crippen LogP contribution in [0.1, 0.15) is 17.3 Å². The topological polar surface area (TPSA) is 128 Å². The Labute approximate surface area is 167 Å². The van der Waals surface area contributed by atoms with Gasteiger partial charge in [0.05, 0.1) is 16.6 Å². The molecule has 0 fully saturated rings. The number of benzene rings is 1. The lowest BCUT2D eigenvalue weighted by atomic mass is 10.0. The van der Waals surface area contributed by atoms with Gasteiger partial charge in [-0.2, -0.15) is 0 Å². The Morgan fingerprint density at radius 2 is 1.69 bits per heavy atom. The van der Waals surface area contributed by atoms with Crippen molar-refractivity contribution in [3.63, 3.8) is 0 Å². The van der Waals surface area contributed by atoms with Gasteiger partial charge in [0, 0.05) is 36.0 Å². The summed E-state index contributed by atoms with van der Waals surface area (Å²) < 4.78 is 23.3. The van der Waals surface area contributed by atoms with Gasteiger partial charge in [-0.3, -0.25) is 9.97 Å². The highest BCUT2D eigenvalue weighted by atomic mass is 32.2. The van der Waals surface area contributed by atoms with Crippen molar-refractivity contribution in [2.75, 3.05) is 6.26 Å². The third kappa shape index (κ3) is 3.91. The quantitative estimate of drug-likeness (QED) is 0.521. The molecule has 1 aromatic carbocycles. The molecule has 0 bridgehead atoms. The molecule has 1 atom stereocenters. The SMILES string of the molecule is CS(=O)(=O)c1ccc(-c2nnc(-c3cccnc3C(N)c3cccnc3)[nH]2)cc1. The molecule has 3 N–H and O–H groups in total. The van der Waals surface area contributed by atoms with Crippen molar-refractivity contribution in [1.82, 2.24) is 25.1 Å². The van der Waals surface area contributed by atoms with Crippen molar-refractivity contribution >= 4 is 9.84 Å². The smallest absolute Gasteiger partial charge is 0.175 e. The van der Waals surface area contributed by atoms with Gasteiger partial charge in [0.2, 0.25) is 0 Å². The van der Waals surface area contributed by atoms with Crippen LogP contribution in [0.2, 0.25) is 0 Å². The van der Waals surface area contributed by atoms with E-state index in [0.29, 0.717) is 17.3 Å². The number of nitrogens with two attached hydrogens (primary N) is 1. The molecule has 0 saturated heterocycles. The van der Waals surface area contributed by atoms with Crippen molar-refractivity contribution in [2.45, 2.75) is 10.9 Å². The molecule has 0 saturated carbocycles. The van der Waals surface area contributed by atoms with Gasteiger partial charge in [-0.15, -0.1) is 10.2 Å². The minimum atomic E-state index is -3.25. The van der Waals surface area contributed by atoms with Crippen LogP contribution >= 0.6 is 0 Å². The first-order valence-electron chi connectivity index (χ1n) is 8.77. The Morgan fingerprint density at radius 3 is 2.38 bits per heavy atom. The van der Waals surface area contributed by atoms with Gasteiger partial charge >= 0.3 is 0 Å². The molecule has 9 heteroatoms. The van der Waals surface area contributed by atoms with Crippen LogP contribution in [0.3, 0.4) is 0 Å². The summed E-state index contributed by atoms with van der Waals surface area (Å²) in [6.45, 7) is 0. The molecule has 4 aromatic rings. The van der Waals surface area contributed by atoms with E-state index in [4.69, 9.17) is 5.73 Å². The molecular formula is C20H18N6O2S. The summed E-state index contributed by atoms with van der Waals surface area (Å²) in [6, 6.07) is 13.4. The Morgan fingerprint density at radius 1 is 0.966 bits per heavy atom. The van der Waals surface area contributed by atoms with Crippen LogP contribution in [0.4, 0.5) is 0 Å². The normalized spacial score (nSPS) is 12.6. The second kappa shape index (κ2) is 7.53. The molecule has 0 aliphatic carbocycles. The average molecular weight is 406 g/mol. The molecule has 8 nitrogen and oxygen atoms in total. The number of aromatic amines is 1. The van der Waals surface area contributed by atoms with E-state index >= 15 is 0 Å². The predicted molar refractivity (Wildman–Crippen MR) is 108 cm³/mol. The monoisotopic (exact) mass is 406 g/mol. The Hall–Kier alpha value is -3.43. The fourth-order valence-electron chi connectivity index (χ4n) is 2.96. The number of rotatable bonds is 5. The summed E-state index contributed by atoms with van der Waals surface area (Å²) in [5.41, 5.74) is 9.35. The molecule has 1 unspecified atom stereocenters. The van der Waals surface area contributed by atoms with Crippen molar-refractivity contribution in [3.05, 3.63) is 78.4 Å². The predicted octanol–water partition coefficient (Wildman–Crippen LogP) is 2.38. The summed E-state index contributed by atoms with van der Waals surface area (Å²) in [7, 11) is -3.25. The molecule has 4 rings (SSSR count). The number of nitrogens with zero attached hydrogens (tertiary/aromatic N) is 4. The van der Waals surface area contributed by atoms with Crippen LogP contribution in [0, 0.1) is 0 Å². The van der Waals surface area contributed by atoms with E-state index in [-0.39, 0.29) is 4.90 Å². The van der Waals surface area contributed by atoms with Gasteiger partial charge in [-0.1, -0.05) is 6.07 Å². The van der Waals surface area contributed by atoms with Crippen LogP contribution in [0.25, 0.3) is 22.8 Å². The second-order valence-corrected chi connectivity index (χ2v) is 8.53. The number of H-pyrrole nitrogens is 1. The molecular weight excluding hydrogens is 388 g/mol. The molecule has 29 heavy (non-hydrogen) atoms. The molecule has 3 aromatic heterocycles. The van der Waals surface area contributed by atoms with E-state index in [9.17, 15) is 8.42 Å². The Balaban J connectivity index is 1.69. The summed E-state index contributed by atoms with van der Waals surface area (Å²) in [5.74, 6) is 1.04. The maximum Gasteiger partial charge on any atom is 0.175 e. The summed E-state index contributed by atoms with van der Waals surface area (Å²) in [4.78, 5) is 12.0. The number of hydrogen-bond acceptors (Lipinski definition) is 7. The van der Waals surface area contributed by atoms with Crippen LogP contribution in [-0.4, -0.2) is 39.8 Å². The van der Waals surface area contributed by atoms with E-state index in [0.717, 1.165) is 16.7 Å².